The Morgan fingerprint density at radius 3 is 2.62 bits per heavy atom. The van der Waals surface area contributed by atoms with Crippen molar-refractivity contribution >= 4 is 11.8 Å². The smallest absolute Gasteiger partial charge is 0.272 e. The molecular formula is C19H30N4O3. The van der Waals surface area contributed by atoms with Crippen LogP contribution in [0, 0.1) is 5.92 Å². The van der Waals surface area contributed by atoms with Gasteiger partial charge in [-0.3, -0.25) is 14.3 Å². The van der Waals surface area contributed by atoms with Crippen LogP contribution in [0.1, 0.15) is 49.3 Å². The van der Waals surface area contributed by atoms with Gasteiger partial charge in [-0.2, -0.15) is 5.10 Å². The molecule has 3 heterocycles. The second kappa shape index (κ2) is 8.20. The molecule has 2 amide bonds. The maximum atomic E-state index is 12.9. The van der Waals surface area contributed by atoms with E-state index in [1.807, 2.05) is 22.9 Å². The summed E-state index contributed by atoms with van der Waals surface area (Å²) < 4.78 is 7.20. The number of rotatable bonds is 4. The summed E-state index contributed by atoms with van der Waals surface area (Å²) in [5.74, 6) is 0.585. The quantitative estimate of drug-likeness (QED) is 0.813. The maximum absolute atomic E-state index is 12.9. The standard InChI is InChI=1S/C19H30N4O3/c1-14(2)12-15-13-16(21(3)20-15)18(24)22-7-5-8-23(10-9-22)19(25)17-6-4-11-26-17/h13-14,17H,4-12H2,1-3H3/t17-/m0/s1. The van der Waals surface area contributed by atoms with Crippen molar-refractivity contribution in [3.63, 3.8) is 0 Å². The van der Waals surface area contributed by atoms with Crippen molar-refractivity contribution in [3.8, 4) is 0 Å². The van der Waals surface area contributed by atoms with Crippen molar-refractivity contribution in [1.29, 1.82) is 0 Å². The fourth-order valence-corrected chi connectivity index (χ4v) is 3.72. The molecule has 0 unspecified atom stereocenters. The largest absolute Gasteiger partial charge is 0.368 e. The molecule has 7 nitrogen and oxygen atoms in total. The van der Waals surface area contributed by atoms with E-state index in [-0.39, 0.29) is 17.9 Å². The molecule has 0 bridgehead atoms. The lowest BCUT2D eigenvalue weighted by Gasteiger charge is -2.24. The van der Waals surface area contributed by atoms with Crippen LogP contribution < -0.4 is 0 Å². The summed E-state index contributed by atoms with van der Waals surface area (Å²) in [6, 6.07) is 1.91. The summed E-state index contributed by atoms with van der Waals surface area (Å²) in [7, 11) is 1.82. The molecule has 1 atom stereocenters. The van der Waals surface area contributed by atoms with E-state index in [2.05, 4.69) is 18.9 Å². The molecule has 2 aliphatic heterocycles. The highest BCUT2D eigenvalue weighted by atomic mass is 16.5. The molecule has 1 aromatic heterocycles. The second-order valence-electron chi connectivity index (χ2n) is 7.72. The first kappa shape index (κ1) is 18.9. The molecule has 3 rings (SSSR count). The Morgan fingerprint density at radius 1 is 1.19 bits per heavy atom. The molecule has 0 aliphatic carbocycles. The van der Waals surface area contributed by atoms with Crippen LogP contribution in [0.25, 0.3) is 0 Å². The molecule has 0 radical (unpaired) electrons. The molecule has 2 saturated heterocycles. The van der Waals surface area contributed by atoms with Gasteiger partial charge in [-0.15, -0.1) is 0 Å². The minimum Gasteiger partial charge on any atom is -0.368 e. The number of nitrogens with zero attached hydrogens (tertiary/aromatic N) is 4. The number of aromatic nitrogens is 2. The van der Waals surface area contributed by atoms with Crippen LogP contribution in [0.4, 0.5) is 0 Å². The molecule has 2 fully saturated rings. The molecule has 1 aromatic rings. The van der Waals surface area contributed by atoms with E-state index in [1.165, 1.54) is 0 Å². The Labute approximate surface area is 155 Å². The van der Waals surface area contributed by atoms with Gasteiger partial charge in [0, 0.05) is 39.8 Å². The van der Waals surface area contributed by atoms with E-state index in [4.69, 9.17) is 4.74 Å². The Balaban J connectivity index is 1.62. The lowest BCUT2D eigenvalue weighted by Crippen LogP contribution is -2.42. The summed E-state index contributed by atoms with van der Waals surface area (Å²) >= 11 is 0. The van der Waals surface area contributed by atoms with E-state index >= 15 is 0 Å². The Bertz CT molecular complexity index is 649. The van der Waals surface area contributed by atoms with Gasteiger partial charge in [0.05, 0.1) is 5.69 Å². The minimum atomic E-state index is -0.284. The van der Waals surface area contributed by atoms with Crippen LogP contribution in [0.2, 0.25) is 0 Å². The average Bonchev–Trinajstić information content (AvgIpc) is 3.17. The Hall–Kier alpha value is -1.89. The van der Waals surface area contributed by atoms with E-state index in [9.17, 15) is 9.59 Å². The summed E-state index contributed by atoms with van der Waals surface area (Å²) in [5.41, 5.74) is 1.58. The van der Waals surface area contributed by atoms with Gasteiger partial charge >= 0.3 is 0 Å². The third-order valence-corrected chi connectivity index (χ3v) is 5.07. The molecule has 0 N–H and O–H groups in total. The highest BCUT2D eigenvalue weighted by Gasteiger charge is 2.30. The van der Waals surface area contributed by atoms with Crippen molar-refractivity contribution < 1.29 is 14.3 Å². The summed E-state index contributed by atoms with van der Waals surface area (Å²) in [6.45, 7) is 7.44. The van der Waals surface area contributed by atoms with E-state index in [0.29, 0.717) is 44.4 Å². The number of carbonyl (C=O) groups is 2. The van der Waals surface area contributed by atoms with Crippen molar-refractivity contribution in [2.45, 2.75) is 45.6 Å². The molecule has 2 aliphatic rings. The van der Waals surface area contributed by atoms with E-state index < -0.39 is 0 Å². The summed E-state index contributed by atoms with van der Waals surface area (Å²) in [4.78, 5) is 29.2. The third-order valence-electron chi connectivity index (χ3n) is 5.07. The number of ether oxygens (including phenoxy) is 1. The second-order valence-corrected chi connectivity index (χ2v) is 7.72. The number of hydrogen-bond donors (Lipinski definition) is 0. The Morgan fingerprint density at radius 2 is 1.92 bits per heavy atom. The molecule has 144 valence electrons. The van der Waals surface area contributed by atoms with E-state index in [0.717, 1.165) is 31.4 Å². The molecular weight excluding hydrogens is 332 g/mol. The van der Waals surface area contributed by atoms with Crippen LogP contribution in [0.15, 0.2) is 6.07 Å². The predicted molar refractivity (Wildman–Crippen MR) is 97.8 cm³/mol. The van der Waals surface area contributed by atoms with E-state index in [1.54, 1.807) is 4.68 Å². The zero-order valence-corrected chi connectivity index (χ0v) is 16.1. The van der Waals surface area contributed by atoms with Crippen molar-refractivity contribution in [3.05, 3.63) is 17.5 Å². The van der Waals surface area contributed by atoms with Gasteiger partial charge in [0.1, 0.15) is 11.8 Å². The molecule has 0 spiro atoms. The molecule has 0 aromatic carbocycles. The normalized spacial score (nSPS) is 21.3. The lowest BCUT2D eigenvalue weighted by molar-refractivity contribution is -0.140. The summed E-state index contributed by atoms with van der Waals surface area (Å²) in [6.07, 6.45) is 3.14. The number of hydrogen-bond acceptors (Lipinski definition) is 4. The van der Waals surface area contributed by atoms with Crippen molar-refractivity contribution in [2.24, 2.45) is 13.0 Å². The first-order valence-electron chi connectivity index (χ1n) is 9.68. The fourth-order valence-electron chi connectivity index (χ4n) is 3.72. The number of aryl methyl sites for hydroxylation is 1. The number of amides is 2. The maximum Gasteiger partial charge on any atom is 0.272 e. The molecule has 0 saturated carbocycles. The minimum absolute atomic E-state index is 0.00132. The van der Waals surface area contributed by atoms with Crippen molar-refractivity contribution in [1.82, 2.24) is 19.6 Å². The zero-order chi connectivity index (χ0) is 18.7. The first-order chi connectivity index (χ1) is 12.5. The fraction of sp³-hybridized carbons (Fsp3) is 0.737. The Kier molecular flexibility index (Phi) is 5.96. The number of carbonyl (C=O) groups excluding carboxylic acids is 2. The van der Waals surface area contributed by atoms with Crippen molar-refractivity contribution in [2.75, 3.05) is 32.8 Å². The van der Waals surface area contributed by atoms with Crippen LogP contribution in [0.5, 0.6) is 0 Å². The van der Waals surface area contributed by atoms with Gasteiger partial charge in [-0.05, 0) is 37.7 Å². The van der Waals surface area contributed by atoms with Crippen LogP contribution in [-0.4, -0.2) is 70.3 Å². The van der Waals surface area contributed by atoms with Gasteiger partial charge in [0.15, 0.2) is 0 Å². The van der Waals surface area contributed by atoms with Crippen LogP contribution in [0.3, 0.4) is 0 Å². The van der Waals surface area contributed by atoms with Gasteiger partial charge in [0.25, 0.3) is 11.8 Å². The topological polar surface area (TPSA) is 67.7 Å². The SMILES string of the molecule is CC(C)Cc1cc(C(=O)N2CCCN(C(=O)[C@@H]3CCCO3)CC2)n(C)n1. The monoisotopic (exact) mass is 362 g/mol. The molecule has 7 heteroatoms. The van der Waals surface area contributed by atoms with Gasteiger partial charge in [0.2, 0.25) is 0 Å². The van der Waals surface area contributed by atoms with Crippen LogP contribution >= 0.6 is 0 Å². The third kappa shape index (κ3) is 4.26. The molecule has 26 heavy (non-hydrogen) atoms. The van der Waals surface area contributed by atoms with Gasteiger partial charge in [-0.25, -0.2) is 0 Å². The summed E-state index contributed by atoms with van der Waals surface area (Å²) in [5, 5.41) is 4.47. The average molecular weight is 362 g/mol. The van der Waals surface area contributed by atoms with Gasteiger partial charge < -0.3 is 14.5 Å². The van der Waals surface area contributed by atoms with Crippen LogP contribution in [-0.2, 0) is 23.0 Å². The highest BCUT2D eigenvalue weighted by Crippen LogP contribution is 2.17. The lowest BCUT2D eigenvalue weighted by atomic mass is 10.1. The highest BCUT2D eigenvalue weighted by molar-refractivity contribution is 5.92. The van der Waals surface area contributed by atoms with Gasteiger partial charge in [-0.1, -0.05) is 13.8 Å². The first-order valence-corrected chi connectivity index (χ1v) is 9.68. The predicted octanol–water partition coefficient (Wildman–Crippen LogP) is 1.47. The zero-order valence-electron chi connectivity index (χ0n) is 16.1.